The second-order valence-electron chi connectivity index (χ2n) is 4.88. The Morgan fingerprint density at radius 1 is 1.19 bits per heavy atom. The van der Waals surface area contributed by atoms with Crippen molar-refractivity contribution in [3.63, 3.8) is 0 Å². The first-order valence-corrected chi connectivity index (χ1v) is 7.91. The van der Waals surface area contributed by atoms with Crippen LogP contribution in [0.4, 0.5) is 14.5 Å². The first-order valence-electron chi connectivity index (χ1n) is 6.36. The Labute approximate surface area is 122 Å². The number of alkyl halides is 2. The Morgan fingerprint density at radius 2 is 1.76 bits per heavy atom. The third-order valence-corrected chi connectivity index (χ3v) is 3.98. The SMILES string of the molecule is CC(C)CNC(=O)CNc1ccc(S(=O)(=O)C(F)F)cc1. The molecule has 0 radical (unpaired) electrons. The fraction of sp³-hybridized carbons (Fsp3) is 0.462. The Morgan fingerprint density at radius 3 is 2.24 bits per heavy atom. The van der Waals surface area contributed by atoms with E-state index in [4.69, 9.17) is 0 Å². The van der Waals surface area contributed by atoms with E-state index in [1.54, 1.807) is 0 Å². The molecule has 1 aromatic carbocycles. The van der Waals surface area contributed by atoms with Crippen LogP contribution in [0.2, 0.25) is 0 Å². The van der Waals surface area contributed by atoms with E-state index in [0.29, 0.717) is 18.2 Å². The molecule has 0 spiro atoms. The molecule has 0 fully saturated rings. The van der Waals surface area contributed by atoms with Crippen molar-refractivity contribution in [2.45, 2.75) is 24.5 Å². The topological polar surface area (TPSA) is 75.3 Å². The highest BCUT2D eigenvalue weighted by Crippen LogP contribution is 2.20. The fourth-order valence-electron chi connectivity index (χ4n) is 1.43. The van der Waals surface area contributed by atoms with Gasteiger partial charge in [0.05, 0.1) is 11.4 Å². The lowest BCUT2D eigenvalue weighted by Gasteiger charge is -2.10. The lowest BCUT2D eigenvalue weighted by molar-refractivity contribution is -0.119. The lowest BCUT2D eigenvalue weighted by atomic mass is 10.2. The summed E-state index contributed by atoms with van der Waals surface area (Å²) in [6.45, 7) is 4.52. The van der Waals surface area contributed by atoms with Crippen LogP contribution in [0.3, 0.4) is 0 Å². The highest BCUT2D eigenvalue weighted by molar-refractivity contribution is 7.91. The number of sulfone groups is 1. The molecular weight excluding hydrogens is 302 g/mol. The first kappa shape index (κ1) is 17.4. The van der Waals surface area contributed by atoms with Crippen molar-refractivity contribution < 1.29 is 22.0 Å². The summed E-state index contributed by atoms with van der Waals surface area (Å²) in [7, 11) is -4.58. The number of hydrogen-bond donors (Lipinski definition) is 2. The molecule has 0 atom stereocenters. The zero-order valence-corrected chi connectivity index (χ0v) is 12.6. The minimum Gasteiger partial charge on any atom is -0.376 e. The van der Waals surface area contributed by atoms with Crippen molar-refractivity contribution in [1.82, 2.24) is 5.32 Å². The Hall–Kier alpha value is -1.70. The Kier molecular flexibility index (Phi) is 6.07. The van der Waals surface area contributed by atoms with Gasteiger partial charge in [-0.2, -0.15) is 8.78 Å². The summed E-state index contributed by atoms with van der Waals surface area (Å²) < 4.78 is 47.1. The van der Waals surface area contributed by atoms with Gasteiger partial charge in [-0.05, 0) is 30.2 Å². The van der Waals surface area contributed by atoms with Crippen molar-refractivity contribution >= 4 is 21.4 Å². The van der Waals surface area contributed by atoms with Gasteiger partial charge in [-0.25, -0.2) is 8.42 Å². The van der Waals surface area contributed by atoms with E-state index in [0.717, 1.165) is 12.1 Å². The van der Waals surface area contributed by atoms with Crippen LogP contribution in [0, 0.1) is 5.92 Å². The van der Waals surface area contributed by atoms with E-state index in [1.165, 1.54) is 12.1 Å². The van der Waals surface area contributed by atoms with Crippen LogP contribution in [0.5, 0.6) is 0 Å². The number of nitrogens with one attached hydrogen (secondary N) is 2. The van der Waals surface area contributed by atoms with Crippen molar-refractivity contribution in [2.24, 2.45) is 5.92 Å². The highest BCUT2D eigenvalue weighted by Gasteiger charge is 2.26. The van der Waals surface area contributed by atoms with Crippen LogP contribution < -0.4 is 10.6 Å². The highest BCUT2D eigenvalue weighted by atomic mass is 32.2. The molecule has 0 aliphatic rings. The number of benzene rings is 1. The average Bonchev–Trinajstić information content (AvgIpc) is 2.43. The molecule has 2 N–H and O–H groups in total. The van der Waals surface area contributed by atoms with Gasteiger partial charge in [-0.15, -0.1) is 0 Å². The molecule has 0 saturated heterocycles. The molecule has 0 aromatic heterocycles. The zero-order chi connectivity index (χ0) is 16.0. The van der Waals surface area contributed by atoms with Crippen LogP contribution in [0.15, 0.2) is 29.2 Å². The van der Waals surface area contributed by atoms with Gasteiger partial charge in [-0.1, -0.05) is 13.8 Å². The third kappa shape index (κ3) is 5.30. The molecule has 1 amide bonds. The van der Waals surface area contributed by atoms with Crippen LogP contribution in [0.25, 0.3) is 0 Å². The summed E-state index contributed by atoms with van der Waals surface area (Å²) in [5.74, 6) is -3.31. The Balaban J connectivity index is 2.58. The number of carbonyl (C=O) groups is 1. The lowest BCUT2D eigenvalue weighted by Crippen LogP contribution is -2.32. The normalized spacial score (nSPS) is 11.7. The van der Waals surface area contributed by atoms with Crippen molar-refractivity contribution in [1.29, 1.82) is 0 Å². The second-order valence-corrected chi connectivity index (χ2v) is 6.80. The van der Waals surface area contributed by atoms with E-state index >= 15 is 0 Å². The van der Waals surface area contributed by atoms with Gasteiger partial charge in [0.1, 0.15) is 0 Å². The fourth-order valence-corrected chi connectivity index (χ4v) is 2.15. The van der Waals surface area contributed by atoms with E-state index in [-0.39, 0.29) is 12.5 Å². The summed E-state index contributed by atoms with van der Waals surface area (Å²) in [6.07, 6.45) is 0. The summed E-state index contributed by atoms with van der Waals surface area (Å²) >= 11 is 0. The van der Waals surface area contributed by atoms with Crippen molar-refractivity contribution in [3.8, 4) is 0 Å². The third-order valence-electron chi connectivity index (χ3n) is 2.58. The Bertz CT molecular complexity index is 572. The van der Waals surface area contributed by atoms with Gasteiger partial charge in [0.15, 0.2) is 0 Å². The molecule has 0 saturated carbocycles. The van der Waals surface area contributed by atoms with Gasteiger partial charge in [0.2, 0.25) is 15.7 Å². The summed E-state index contributed by atoms with van der Waals surface area (Å²) in [5, 5.41) is 5.49. The number of halogens is 2. The second kappa shape index (κ2) is 7.35. The molecule has 0 bridgehead atoms. The summed E-state index contributed by atoms with van der Waals surface area (Å²) in [5.41, 5.74) is 0.475. The molecule has 0 heterocycles. The van der Waals surface area contributed by atoms with E-state index < -0.39 is 20.5 Å². The van der Waals surface area contributed by atoms with Crippen LogP contribution in [-0.2, 0) is 14.6 Å². The van der Waals surface area contributed by atoms with Crippen LogP contribution in [-0.4, -0.2) is 33.2 Å². The monoisotopic (exact) mass is 320 g/mol. The number of hydrogen-bond acceptors (Lipinski definition) is 4. The largest absolute Gasteiger partial charge is 0.376 e. The maximum absolute atomic E-state index is 12.3. The number of carbonyl (C=O) groups excluding carboxylic acids is 1. The van der Waals surface area contributed by atoms with E-state index in [2.05, 4.69) is 10.6 Å². The van der Waals surface area contributed by atoms with Crippen LogP contribution >= 0.6 is 0 Å². The van der Waals surface area contributed by atoms with Crippen molar-refractivity contribution in [2.75, 3.05) is 18.4 Å². The van der Waals surface area contributed by atoms with Crippen molar-refractivity contribution in [3.05, 3.63) is 24.3 Å². The smallest absolute Gasteiger partial charge is 0.341 e. The van der Waals surface area contributed by atoms with E-state index in [1.807, 2.05) is 13.8 Å². The molecule has 8 heteroatoms. The van der Waals surface area contributed by atoms with Crippen LogP contribution in [0.1, 0.15) is 13.8 Å². The summed E-state index contributed by atoms with van der Waals surface area (Å²) in [6, 6.07) is 4.83. The number of rotatable bonds is 7. The predicted octanol–water partition coefficient (Wildman–Crippen LogP) is 1.87. The maximum atomic E-state index is 12.3. The summed E-state index contributed by atoms with van der Waals surface area (Å²) in [4.78, 5) is 11.0. The molecular formula is C13H18F2N2O3S. The number of anilines is 1. The predicted molar refractivity (Wildman–Crippen MR) is 76.0 cm³/mol. The molecule has 1 rings (SSSR count). The van der Waals surface area contributed by atoms with Gasteiger partial charge < -0.3 is 10.6 Å². The molecule has 5 nitrogen and oxygen atoms in total. The van der Waals surface area contributed by atoms with Gasteiger partial charge in [-0.3, -0.25) is 4.79 Å². The zero-order valence-electron chi connectivity index (χ0n) is 11.8. The molecule has 0 aliphatic carbocycles. The van der Waals surface area contributed by atoms with Gasteiger partial charge in [0.25, 0.3) is 0 Å². The van der Waals surface area contributed by atoms with Gasteiger partial charge >= 0.3 is 5.76 Å². The minimum absolute atomic E-state index is 0.0215. The first-order chi connectivity index (χ1) is 9.73. The average molecular weight is 320 g/mol. The molecule has 0 unspecified atom stereocenters. The molecule has 21 heavy (non-hydrogen) atoms. The number of amides is 1. The molecule has 118 valence electrons. The maximum Gasteiger partial charge on any atom is 0.341 e. The van der Waals surface area contributed by atoms with E-state index in [9.17, 15) is 22.0 Å². The standard InChI is InChI=1S/C13H18F2N2O3S/c1-9(2)7-17-12(18)8-16-10-3-5-11(6-4-10)21(19,20)13(14)15/h3-6,9,13,16H,7-8H2,1-2H3,(H,17,18). The quantitative estimate of drug-likeness (QED) is 0.804. The molecule has 0 aliphatic heterocycles. The van der Waals surface area contributed by atoms with Gasteiger partial charge in [0, 0.05) is 12.2 Å². The molecule has 1 aromatic rings. The minimum atomic E-state index is -4.58.